The molecule has 6 nitrogen and oxygen atoms in total. The molecule has 3 aromatic rings. The second-order valence-electron chi connectivity index (χ2n) is 14.1. The van der Waals surface area contributed by atoms with Gasteiger partial charge in [-0.2, -0.15) is 0 Å². The smallest absolute Gasteiger partial charge is 0.233 e. The van der Waals surface area contributed by atoms with Crippen molar-refractivity contribution in [2.24, 2.45) is 16.9 Å². The average molecular weight is 637 g/mol. The highest BCUT2D eigenvalue weighted by molar-refractivity contribution is 6.05. The minimum atomic E-state index is -1.37. The fraction of sp³-hybridized carbons (Fsp3) is 0.512. The van der Waals surface area contributed by atoms with Gasteiger partial charge in [-0.15, -0.1) is 0 Å². The number of nitrogens with two attached hydrogens (primary N) is 2. The van der Waals surface area contributed by atoms with Crippen molar-refractivity contribution in [2.45, 2.75) is 116 Å². The summed E-state index contributed by atoms with van der Waals surface area (Å²) in [7, 11) is 0. The van der Waals surface area contributed by atoms with Crippen LogP contribution in [-0.2, 0) is 22.4 Å². The van der Waals surface area contributed by atoms with E-state index in [0.717, 1.165) is 48.7 Å². The molecular weight excluding hydrogens is 584 g/mol. The summed E-state index contributed by atoms with van der Waals surface area (Å²) in [5.74, 6) is 0.574. The summed E-state index contributed by atoms with van der Waals surface area (Å²) in [4.78, 5) is 25.1. The number of fused-ring (bicyclic) bond motifs is 1. The largest absolute Gasteiger partial charge is 0.494 e. The molecule has 0 aliphatic heterocycles. The van der Waals surface area contributed by atoms with E-state index in [1.807, 2.05) is 0 Å². The molecule has 3 aromatic carbocycles. The van der Waals surface area contributed by atoms with E-state index in [-0.39, 0.29) is 24.7 Å². The van der Waals surface area contributed by atoms with Crippen LogP contribution in [-0.4, -0.2) is 25.0 Å². The summed E-state index contributed by atoms with van der Waals surface area (Å²) in [6.07, 6.45) is 15.3. The minimum Gasteiger partial charge on any atom is -0.494 e. The fourth-order valence-electron chi connectivity index (χ4n) is 8.20. The Kier molecular flexibility index (Phi) is 10.2. The van der Waals surface area contributed by atoms with Crippen LogP contribution in [0.15, 0.2) is 48.5 Å². The summed E-state index contributed by atoms with van der Waals surface area (Å²) in [5.41, 5.74) is 19.8. The van der Waals surface area contributed by atoms with Crippen molar-refractivity contribution in [3.8, 4) is 11.5 Å². The minimum absolute atomic E-state index is 0.0210. The number of hydrogen-bond acceptors (Lipinski definition) is 4. The van der Waals surface area contributed by atoms with Crippen LogP contribution < -0.4 is 20.9 Å². The Balaban J connectivity index is 1.28. The molecule has 2 bridgehead atoms. The van der Waals surface area contributed by atoms with E-state index in [2.05, 4.69) is 62.4 Å². The molecule has 0 spiro atoms. The lowest BCUT2D eigenvalue weighted by atomic mass is 9.60. The van der Waals surface area contributed by atoms with E-state index >= 15 is 0 Å². The van der Waals surface area contributed by atoms with Gasteiger partial charge in [-0.3, -0.25) is 9.59 Å². The van der Waals surface area contributed by atoms with Crippen LogP contribution in [0.2, 0.25) is 0 Å². The number of hydrogen-bond donors (Lipinski definition) is 2. The van der Waals surface area contributed by atoms with Gasteiger partial charge in [0.2, 0.25) is 11.8 Å². The molecule has 0 unspecified atom stereocenters. The Labute approximate surface area is 280 Å². The third-order valence-corrected chi connectivity index (χ3v) is 10.8. The van der Waals surface area contributed by atoms with Crippen molar-refractivity contribution in [3.05, 3.63) is 93.0 Å². The molecule has 7 rings (SSSR count). The Bertz CT molecular complexity index is 1490. The number of amides is 2. The maximum Gasteiger partial charge on any atom is 0.233 e. The van der Waals surface area contributed by atoms with Crippen molar-refractivity contribution in [2.75, 3.05) is 13.2 Å². The maximum atomic E-state index is 12.6. The number of primary amides is 2. The van der Waals surface area contributed by atoms with Crippen LogP contribution in [0, 0.1) is 5.41 Å². The van der Waals surface area contributed by atoms with Crippen LogP contribution in [0.1, 0.15) is 147 Å². The molecule has 0 aromatic heterocycles. The second kappa shape index (κ2) is 14.5. The Hall–Kier alpha value is -3.80. The van der Waals surface area contributed by atoms with Gasteiger partial charge in [-0.1, -0.05) is 102 Å². The summed E-state index contributed by atoms with van der Waals surface area (Å²) in [6.45, 7) is 5.94. The molecule has 0 heterocycles. The van der Waals surface area contributed by atoms with E-state index in [9.17, 15) is 9.59 Å². The Morgan fingerprint density at radius 3 is 1.36 bits per heavy atom. The van der Waals surface area contributed by atoms with Crippen molar-refractivity contribution < 1.29 is 19.1 Å². The average Bonchev–Trinajstić information content (AvgIpc) is 3.46. The van der Waals surface area contributed by atoms with Gasteiger partial charge in [0.25, 0.3) is 0 Å². The maximum absolute atomic E-state index is 12.6. The molecular formula is C41H52N2O4. The van der Waals surface area contributed by atoms with Gasteiger partial charge in [-0.25, -0.2) is 0 Å². The molecule has 2 atom stereocenters. The molecule has 2 amide bonds. The van der Waals surface area contributed by atoms with E-state index in [0.29, 0.717) is 0 Å². The zero-order valence-electron chi connectivity index (χ0n) is 28.4. The lowest BCUT2D eigenvalue weighted by molar-refractivity contribution is -0.139. The molecule has 4 aliphatic rings. The SMILES string of the molecule is CCCCCCCCOc1ccc2c(c1)[C@@H]1c3ccc(OCCCCCCCC)cc3[C@H]2c2cc3c(cc21)CC(C(N)=O)(C(N)=O)C3. The van der Waals surface area contributed by atoms with Crippen LogP contribution in [0.25, 0.3) is 0 Å². The van der Waals surface area contributed by atoms with Crippen LogP contribution in [0.4, 0.5) is 0 Å². The standard InChI is InChI=1S/C41H52N2O4/c1-3-5-7-9-11-13-19-46-29-15-17-31-35(23-29)37-32-18-16-30(47-20-14-12-10-8-6-4-2)24-36(32)38(31)34-22-28-26-41(39(42)44,40(43)45)25-27(28)21-33(34)37/h15-18,21-24,37-38H,3-14,19-20,25-26H2,1-2H3,(H2,42,44)(H2,43,45)/t37-,38-/m1/s1. The van der Waals surface area contributed by atoms with Gasteiger partial charge < -0.3 is 20.9 Å². The molecule has 4 N–H and O–H groups in total. The monoisotopic (exact) mass is 636 g/mol. The van der Waals surface area contributed by atoms with Crippen molar-refractivity contribution in [1.29, 1.82) is 0 Å². The molecule has 0 fully saturated rings. The third kappa shape index (κ3) is 6.53. The first-order chi connectivity index (χ1) is 22.9. The molecule has 250 valence electrons. The molecule has 0 radical (unpaired) electrons. The zero-order valence-corrected chi connectivity index (χ0v) is 28.4. The van der Waals surface area contributed by atoms with E-state index in [1.54, 1.807) is 0 Å². The molecule has 0 saturated carbocycles. The van der Waals surface area contributed by atoms with Crippen LogP contribution in [0.5, 0.6) is 11.5 Å². The van der Waals surface area contributed by atoms with E-state index in [1.165, 1.54) is 97.6 Å². The lowest BCUT2D eigenvalue weighted by Crippen LogP contribution is -2.48. The number of ether oxygens (including phenoxy) is 2. The summed E-state index contributed by atoms with van der Waals surface area (Å²) in [5, 5.41) is 0. The first-order valence-corrected chi connectivity index (χ1v) is 18.2. The van der Waals surface area contributed by atoms with Gasteiger partial charge in [0.1, 0.15) is 16.9 Å². The third-order valence-electron chi connectivity index (χ3n) is 10.8. The highest BCUT2D eigenvalue weighted by Crippen LogP contribution is 2.58. The van der Waals surface area contributed by atoms with Gasteiger partial charge in [0.15, 0.2) is 0 Å². The van der Waals surface area contributed by atoms with Gasteiger partial charge in [-0.05, 0) is 94.5 Å². The lowest BCUT2D eigenvalue weighted by Gasteiger charge is -2.43. The van der Waals surface area contributed by atoms with E-state index in [4.69, 9.17) is 20.9 Å². The van der Waals surface area contributed by atoms with Crippen LogP contribution in [0.3, 0.4) is 0 Å². The van der Waals surface area contributed by atoms with Crippen molar-refractivity contribution in [3.63, 3.8) is 0 Å². The zero-order chi connectivity index (χ0) is 33.0. The first-order valence-electron chi connectivity index (χ1n) is 18.2. The Morgan fingerprint density at radius 1 is 0.574 bits per heavy atom. The summed E-state index contributed by atoms with van der Waals surface area (Å²) >= 11 is 0. The number of unbranched alkanes of at least 4 members (excludes halogenated alkanes) is 10. The summed E-state index contributed by atoms with van der Waals surface area (Å²) in [6, 6.07) is 17.6. The fourth-order valence-corrected chi connectivity index (χ4v) is 8.20. The highest BCUT2D eigenvalue weighted by Gasteiger charge is 2.50. The molecule has 0 saturated heterocycles. The number of carbonyl (C=O) groups is 2. The van der Waals surface area contributed by atoms with Gasteiger partial charge >= 0.3 is 0 Å². The van der Waals surface area contributed by atoms with Crippen LogP contribution >= 0.6 is 0 Å². The number of rotatable bonds is 18. The van der Waals surface area contributed by atoms with Gasteiger partial charge in [0.05, 0.1) is 13.2 Å². The molecule has 4 aliphatic carbocycles. The predicted molar refractivity (Wildman–Crippen MR) is 187 cm³/mol. The van der Waals surface area contributed by atoms with Crippen molar-refractivity contribution >= 4 is 11.8 Å². The number of benzene rings is 3. The second-order valence-corrected chi connectivity index (χ2v) is 14.1. The first kappa shape index (κ1) is 33.1. The normalized spacial score (nSPS) is 17.8. The number of carbonyl (C=O) groups excluding carboxylic acids is 2. The molecule has 6 heteroatoms. The van der Waals surface area contributed by atoms with Gasteiger partial charge in [0, 0.05) is 11.8 Å². The quantitative estimate of drug-likeness (QED) is 0.0747. The highest BCUT2D eigenvalue weighted by atomic mass is 16.5. The summed E-state index contributed by atoms with van der Waals surface area (Å²) < 4.78 is 12.6. The Morgan fingerprint density at radius 2 is 0.957 bits per heavy atom. The predicted octanol–water partition coefficient (Wildman–Crippen LogP) is 8.21. The van der Waals surface area contributed by atoms with E-state index < -0.39 is 17.2 Å². The molecule has 47 heavy (non-hydrogen) atoms. The topological polar surface area (TPSA) is 105 Å². The van der Waals surface area contributed by atoms with Crippen molar-refractivity contribution in [1.82, 2.24) is 0 Å².